The van der Waals surface area contributed by atoms with Gasteiger partial charge < -0.3 is 20.1 Å². The van der Waals surface area contributed by atoms with Crippen molar-refractivity contribution in [3.63, 3.8) is 0 Å². The van der Waals surface area contributed by atoms with E-state index >= 15 is 0 Å². The molecular weight excluding hydrogens is 276 g/mol. The number of aryl methyl sites for hydroxylation is 1. The highest BCUT2D eigenvalue weighted by Gasteiger charge is 2.25. The first kappa shape index (κ1) is 15.3. The van der Waals surface area contributed by atoms with Crippen molar-refractivity contribution >= 4 is 12.0 Å². The number of amides is 2. The molecule has 116 valence electrons. The summed E-state index contributed by atoms with van der Waals surface area (Å²) in [5.41, 5.74) is 1.04. The summed E-state index contributed by atoms with van der Waals surface area (Å²) in [7, 11) is 1.86. The van der Waals surface area contributed by atoms with Gasteiger partial charge in [0.2, 0.25) is 0 Å². The third-order valence-electron chi connectivity index (χ3n) is 3.41. The van der Waals surface area contributed by atoms with Gasteiger partial charge in [-0.3, -0.25) is 9.48 Å². The Bertz CT molecular complexity index is 502. The number of nitrogens with zero attached hydrogens (tertiary/aromatic N) is 3. The van der Waals surface area contributed by atoms with Crippen molar-refractivity contribution in [3.8, 4) is 0 Å². The van der Waals surface area contributed by atoms with E-state index in [9.17, 15) is 9.59 Å². The molecule has 1 aromatic rings. The number of rotatable bonds is 5. The van der Waals surface area contributed by atoms with Crippen molar-refractivity contribution in [1.82, 2.24) is 20.0 Å². The lowest BCUT2D eigenvalue weighted by Crippen LogP contribution is -2.50. The van der Waals surface area contributed by atoms with E-state index in [1.54, 1.807) is 15.8 Å². The fraction of sp³-hybridized carbons (Fsp3) is 0.615. The zero-order valence-corrected chi connectivity index (χ0v) is 12.0. The second kappa shape index (κ2) is 7.07. The van der Waals surface area contributed by atoms with Gasteiger partial charge in [0, 0.05) is 45.0 Å². The van der Waals surface area contributed by atoms with E-state index in [2.05, 4.69) is 10.4 Å². The van der Waals surface area contributed by atoms with Crippen LogP contribution in [0.1, 0.15) is 12.1 Å². The quantitative estimate of drug-likeness (QED) is 0.787. The molecule has 0 aromatic carbocycles. The van der Waals surface area contributed by atoms with E-state index in [4.69, 9.17) is 9.84 Å². The third kappa shape index (κ3) is 4.45. The third-order valence-corrected chi connectivity index (χ3v) is 3.41. The number of hydrogen-bond acceptors (Lipinski definition) is 4. The lowest BCUT2D eigenvalue weighted by Gasteiger charge is -2.32. The Kier molecular flexibility index (Phi) is 5.15. The Morgan fingerprint density at radius 3 is 3.05 bits per heavy atom. The van der Waals surface area contributed by atoms with Crippen LogP contribution in [0.3, 0.4) is 0 Å². The highest BCUT2D eigenvalue weighted by Crippen LogP contribution is 2.08. The Morgan fingerprint density at radius 2 is 2.38 bits per heavy atom. The molecule has 1 aromatic heterocycles. The van der Waals surface area contributed by atoms with Crippen molar-refractivity contribution in [2.24, 2.45) is 7.05 Å². The molecule has 0 bridgehead atoms. The SMILES string of the molecule is Cn1nccc1CCNC(=O)N1CCOC(CC(=O)O)C1. The van der Waals surface area contributed by atoms with Crippen LogP contribution >= 0.6 is 0 Å². The van der Waals surface area contributed by atoms with Crippen molar-refractivity contribution in [1.29, 1.82) is 0 Å². The highest BCUT2D eigenvalue weighted by molar-refractivity contribution is 5.74. The predicted octanol–water partition coefficient (Wildman–Crippen LogP) is -0.152. The van der Waals surface area contributed by atoms with Gasteiger partial charge >= 0.3 is 12.0 Å². The van der Waals surface area contributed by atoms with Gasteiger partial charge in [-0.15, -0.1) is 0 Å². The molecule has 2 rings (SSSR count). The molecular formula is C13H20N4O4. The normalized spacial score (nSPS) is 18.5. The number of carbonyl (C=O) groups excluding carboxylic acids is 1. The first-order valence-corrected chi connectivity index (χ1v) is 6.89. The highest BCUT2D eigenvalue weighted by atomic mass is 16.5. The smallest absolute Gasteiger partial charge is 0.317 e. The molecule has 1 unspecified atom stereocenters. The fourth-order valence-corrected chi connectivity index (χ4v) is 2.28. The van der Waals surface area contributed by atoms with E-state index in [1.807, 2.05) is 13.1 Å². The van der Waals surface area contributed by atoms with Gasteiger partial charge in [-0.1, -0.05) is 0 Å². The first-order chi connectivity index (χ1) is 10.1. The molecule has 2 N–H and O–H groups in total. The van der Waals surface area contributed by atoms with Crippen LogP contribution in [0.15, 0.2) is 12.3 Å². The second-order valence-corrected chi connectivity index (χ2v) is 4.96. The number of nitrogens with one attached hydrogen (secondary N) is 1. The van der Waals surface area contributed by atoms with Gasteiger partial charge in [-0.05, 0) is 6.07 Å². The summed E-state index contributed by atoms with van der Waals surface area (Å²) in [5, 5.41) is 15.7. The molecule has 2 heterocycles. The van der Waals surface area contributed by atoms with Crippen LogP contribution in [0.5, 0.6) is 0 Å². The molecule has 0 saturated carbocycles. The van der Waals surface area contributed by atoms with Crippen molar-refractivity contribution in [2.75, 3.05) is 26.2 Å². The van der Waals surface area contributed by atoms with Crippen molar-refractivity contribution in [3.05, 3.63) is 18.0 Å². The minimum Gasteiger partial charge on any atom is -0.481 e. The van der Waals surface area contributed by atoms with E-state index in [0.29, 0.717) is 32.7 Å². The van der Waals surface area contributed by atoms with Crippen LogP contribution < -0.4 is 5.32 Å². The van der Waals surface area contributed by atoms with Crippen LogP contribution in [-0.4, -0.2) is 64.1 Å². The van der Waals surface area contributed by atoms with Crippen molar-refractivity contribution < 1.29 is 19.4 Å². The number of urea groups is 1. The molecule has 8 nitrogen and oxygen atoms in total. The number of carboxylic acid groups (broad SMARTS) is 1. The molecule has 1 atom stereocenters. The second-order valence-electron chi connectivity index (χ2n) is 4.96. The predicted molar refractivity (Wildman–Crippen MR) is 73.9 cm³/mol. The Morgan fingerprint density at radius 1 is 1.57 bits per heavy atom. The van der Waals surface area contributed by atoms with Gasteiger partial charge in [-0.25, -0.2) is 4.79 Å². The summed E-state index contributed by atoms with van der Waals surface area (Å²) in [6.45, 7) is 1.67. The van der Waals surface area contributed by atoms with Gasteiger partial charge in [0.05, 0.1) is 19.1 Å². The van der Waals surface area contributed by atoms with E-state index in [1.165, 1.54) is 0 Å². The largest absolute Gasteiger partial charge is 0.481 e. The summed E-state index contributed by atoms with van der Waals surface area (Å²) in [6.07, 6.45) is 1.90. The molecule has 21 heavy (non-hydrogen) atoms. The molecule has 2 amide bonds. The fourth-order valence-electron chi connectivity index (χ4n) is 2.28. The van der Waals surface area contributed by atoms with Crippen LogP contribution in [-0.2, 0) is 23.0 Å². The lowest BCUT2D eigenvalue weighted by molar-refractivity contribution is -0.141. The average molecular weight is 296 g/mol. The number of morpholine rings is 1. The maximum absolute atomic E-state index is 12.0. The van der Waals surface area contributed by atoms with Gasteiger partial charge in [-0.2, -0.15) is 5.10 Å². The molecule has 8 heteroatoms. The topological polar surface area (TPSA) is 96.7 Å². The van der Waals surface area contributed by atoms with E-state index in [-0.39, 0.29) is 12.5 Å². The summed E-state index contributed by atoms with van der Waals surface area (Å²) in [5.74, 6) is -0.918. The maximum Gasteiger partial charge on any atom is 0.317 e. The minimum absolute atomic E-state index is 0.0845. The minimum atomic E-state index is -0.918. The standard InChI is InChI=1S/C13H20N4O4/c1-16-10(3-5-15-16)2-4-14-13(20)17-6-7-21-11(9-17)8-12(18)19/h3,5,11H,2,4,6-9H2,1H3,(H,14,20)(H,18,19). The zero-order valence-electron chi connectivity index (χ0n) is 12.0. The zero-order chi connectivity index (χ0) is 15.2. The van der Waals surface area contributed by atoms with Crippen molar-refractivity contribution in [2.45, 2.75) is 18.9 Å². The molecule has 1 aliphatic rings. The Labute approximate surface area is 122 Å². The Balaban J connectivity index is 1.75. The van der Waals surface area contributed by atoms with Crippen LogP contribution in [0, 0.1) is 0 Å². The lowest BCUT2D eigenvalue weighted by atomic mass is 10.2. The van der Waals surface area contributed by atoms with Crippen LogP contribution in [0.4, 0.5) is 4.79 Å². The number of aliphatic carboxylic acids is 1. The summed E-state index contributed by atoms with van der Waals surface area (Å²) >= 11 is 0. The van der Waals surface area contributed by atoms with E-state index < -0.39 is 12.1 Å². The molecule has 1 saturated heterocycles. The summed E-state index contributed by atoms with van der Waals surface area (Å²) in [4.78, 5) is 24.3. The number of aromatic nitrogens is 2. The van der Waals surface area contributed by atoms with Crippen LogP contribution in [0.25, 0.3) is 0 Å². The number of carbonyl (C=O) groups is 2. The molecule has 0 spiro atoms. The summed E-state index contributed by atoms with van der Waals surface area (Å²) in [6, 6.07) is 1.72. The van der Waals surface area contributed by atoms with E-state index in [0.717, 1.165) is 5.69 Å². The maximum atomic E-state index is 12.0. The molecule has 0 aliphatic carbocycles. The van der Waals surface area contributed by atoms with Gasteiger partial charge in [0.15, 0.2) is 0 Å². The number of hydrogen-bond donors (Lipinski definition) is 2. The Hall–Kier alpha value is -2.09. The summed E-state index contributed by atoms with van der Waals surface area (Å²) < 4.78 is 7.10. The van der Waals surface area contributed by atoms with Gasteiger partial charge in [0.1, 0.15) is 0 Å². The average Bonchev–Trinajstić information content (AvgIpc) is 2.84. The number of carboxylic acids is 1. The first-order valence-electron chi connectivity index (χ1n) is 6.89. The molecule has 0 radical (unpaired) electrons. The van der Waals surface area contributed by atoms with Gasteiger partial charge in [0.25, 0.3) is 0 Å². The molecule has 1 fully saturated rings. The monoisotopic (exact) mass is 296 g/mol. The molecule has 1 aliphatic heterocycles. The number of ether oxygens (including phenoxy) is 1. The van der Waals surface area contributed by atoms with Crippen LogP contribution in [0.2, 0.25) is 0 Å².